The molecule has 0 N–H and O–H groups in total. The Balaban J connectivity index is 2.18. The zero-order chi connectivity index (χ0) is 13.7. The van der Waals surface area contributed by atoms with E-state index < -0.39 is 0 Å². The summed E-state index contributed by atoms with van der Waals surface area (Å²) >= 11 is 9.28. The van der Waals surface area contributed by atoms with Gasteiger partial charge in [-0.25, -0.2) is 0 Å². The molecule has 0 saturated carbocycles. The van der Waals surface area contributed by atoms with E-state index in [1.165, 1.54) is 0 Å². The Labute approximate surface area is 126 Å². The Hall–Kier alpha value is -1.03. The molecule has 0 amide bonds. The number of benzene rings is 2. The summed E-state index contributed by atoms with van der Waals surface area (Å²) in [6, 6.07) is 13.7. The maximum Gasteiger partial charge on any atom is 0.141 e. The molecule has 0 saturated heterocycles. The van der Waals surface area contributed by atoms with Gasteiger partial charge in [0.1, 0.15) is 11.5 Å². The highest BCUT2D eigenvalue weighted by atomic mass is 79.9. The van der Waals surface area contributed by atoms with Gasteiger partial charge in [-0.15, -0.1) is 11.6 Å². The summed E-state index contributed by atoms with van der Waals surface area (Å²) in [4.78, 5) is 0. The average Bonchev–Trinajstić information content (AvgIpc) is 2.42. The topological polar surface area (TPSA) is 18.5 Å². The van der Waals surface area contributed by atoms with Gasteiger partial charge in [0.05, 0.1) is 11.1 Å². The molecule has 2 nitrogen and oxygen atoms in total. The summed E-state index contributed by atoms with van der Waals surface area (Å²) in [6.45, 7) is 0.573. The quantitative estimate of drug-likeness (QED) is 0.702. The first-order valence-electron chi connectivity index (χ1n) is 5.83. The van der Waals surface area contributed by atoms with Crippen molar-refractivity contribution in [2.24, 2.45) is 0 Å². The largest absolute Gasteiger partial charge is 0.456 e. The maximum absolute atomic E-state index is 5.85. The van der Waals surface area contributed by atoms with Crippen LogP contribution in [0.15, 0.2) is 46.9 Å². The minimum atomic E-state index is 0.488. The van der Waals surface area contributed by atoms with Gasteiger partial charge in [-0.1, -0.05) is 18.2 Å². The van der Waals surface area contributed by atoms with Crippen molar-refractivity contribution in [3.05, 3.63) is 58.1 Å². The van der Waals surface area contributed by atoms with Crippen LogP contribution in [0.5, 0.6) is 11.5 Å². The molecule has 0 aliphatic carbocycles. The maximum atomic E-state index is 5.85. The van der Waals surface area contributed by atoms with E-state index >= 15 is 0 Å². The van der Waals surface area contributed by atoms with Crippen molar-refractivity contribution in [2.75, 3.05) is 7.11 Å². The SMILES string of the molecule is COCc1cccc(Oc2ccc(CCl)cc2Br)c1. The second kappa shape index (κ2) is 6.94. The van der Waals surface area contributed by atoms with Crippen LogP contribution in [0.3, 0.4) is 0 Å². The minimum absolute atomic E-state index is 0.488. The Bertz CT molecular complexity index is 558. The molecular formula is C15H14BrClO2. The third-order valence-corrected chi connectivity index (χ3v) is 3.52. The Morgan fingerprint density at radius 2 is 1.95 bits per heavy atom. The van der Waals surface area contributed by atoms with Gasteiger partial charge in [0.2, 0.25) is 0 Å². The van der Waals surface area contributed by atoms with Crippen molar-refractivity contribution in [2.45, 2.75) is 12.5 Å². The Morgan fingerprint density at radius 1 is 1.11 bits per heavy atom. The number of hydrogen-bond donors (Lipinski definition) is 0. The van der Waals surface area contributed by atoms with Gasteiger partial charge in [-0.05, 0) is 51.3 Å². The van der Waals surface area contributed by atoms with Gasteiger partial charge in [0, 0.05) is 13.0 Å². The molecule has 4 heteroatoms. The van der Waals surface area contributed by atoms with E-state index in [0.717, 1.165) is 27.1 Å². The van der Waals surface area contributed by atoms with E-state index in [1.807, 2.05) is 42.5 Å². The molecule has 100 valence electrons. The zero-order valence-electron chi connectivity index (χ0n) is 10.5. The van der Waals surface area contributed by atoms with Gasteiger partial charge >= 0.3 is 0 Å². The zero-order valence-corrected chi connectivity index (χ0v) is 12.9. The van der Waals surface area contributed by atoms with Crippen LogP contribution in [0.2, 0.25) is 0 Å². The van der Waals surface area contributed by atoms with E-state index in [-0.39, 0.29) is 0 Å². The molecule has 2 aromatic carbocycles. The van der Waals surface area contributed by atoms with E-state index in [2.05, 4.69) is 15.9 Å². The number of halogens is 2. The summed E-state index contributed by atoms with van der Waals surface area (Å²) < 4.78 is 11.8. The van der Waals surface area contributed by atoms with Gasteiger partial charge in [0.15, 0.2) is 0 Å². The molecule has 0 radical (unpaired) electrons. The molecule has 2 rings (SSSR count). The predicted molar refractivity (Wildman–Crippen MR) is 80.9 cm³/mol. The van der Waals surface area contributed by atoms with Crippen molar-refractivity contribution >= 4 is 27.5 Å². The molecule has 19 heavy (non-hydrogen) atoms. The summed E-state index contributed by atoms with van der Waals surface area (Å²) in [5, 5.41) is 0. The van der Waals surface area contributed by atoms with E-state index in [0.29, 0.717) is 12.5 Å². The lowest BCUT2D eigenvalue weighted by Gasteiger charge is -2.10. The lowest BCUT2D eigenvalue weighted by molar-refractivity contribution is 0.184. The van der Waals surface area contributed by atoms with Crippen LogP contribution in [-0.4, -0.2) is 7.11 Å². The first-order valence-corrected chi connectivity index (χ1v) is 7.16. The summed E-state index contributed by atoms with van der Waals surface area (Å²) in [6.07, 6.45) is 0. The van der Waals surface area contributed by atoms with Crippen molar-refractivity contribution in [1.82, 2.24) is 0 Å². The Morgan fingerprint density at radius 3 is 2.63 bits per heavy atom. The average molecular weight is 342 g/mol. The second-order valence-corrected chi connectivity index (χ2v) is 5.20. The monoisotopic (exact) mass is 340 g/mol. The molecule has 0 aromatic heterocycles. The van der Waals surface area contributed by atoms with Crippen molar-refractivity contribution in [3.8, 4) is 11.5 Å². The lowest BCUT2D eigenvalue weighted by Crippen LogP contribution is -1.90. The van der Waals surface area contributed by atoms with Crippen LogP contribution in [0, 0.1) is 0 Å². The van der Waals surface area contributed by atoms with Gasteiger partial charge in [-0.3, -0.25) is 0 Å². The number of methoxy groups -OCH3 is 1. The van der Waals surface area contributed by atoms with Crippen molar-refractivity contribution < 1.29 is 9.47 Å². The van der Waals surface area contributed by atoms with Gasteiger partial charge in [-0.2, -0.15) is 0 Å². The molecule has 0 unspecified atom stereocenters. The molecule has 0 aliphatic rings. The molecule has 0 spiro atoms. The Kier molecular flexibility index (Phi) is 5.25. The normalized spacial score (nSPS) is 10.5. The first kappa shape index (κ1) is 14.4. The van der Waals surface area contributed by atoms with E-state index in [4.69, 9.17) is 21.1 Å². The molecule has 0 bridgehead atoms. The second-order valence-electron chi connectivity index (χ2n) is 4.08. The van der Waals surface area contributed by atoms with Gasteiger partial charge in [0.25, 0.3) is 0 Å². The molecule has 0 fully saturated rings. The van der Waals surface area contributed by atoms with E-state index in [9.17, 15) is 0 Å². The highest BCUT2D eigenvalue weighted by molar-refractivity contribution is 9.10. The van der Waals surface area contributed by atoms with Crippen LogP contribution in [0.25, 0.3) is 0 Å². The molecule has 0 atom stereocenters. The predicted octanol–water partition coefficient (Wildman–Crippen LogP) is 5.13. The van der Waals surface area contributed by atoms with Crippen LogP contribution < -0.4 is 4.74 Å². The minimum Gasteiger partial charge on any atom is -0.456 e. The third-order valence-electron chi connectivity index (χ3n) is 2.59. The van der Waals surface area contributed by atoms with Crippen LogP contribution in [0.4, 0.5) is 0 Å². The molecule has 0 aliphatic heterocycles. The fourth-order valence-corrected chi connectivity index (χ4v) is 2.38. The third kappa shape index (κ3) is 3.96. The van der Waals surface area contributed by atoms with Crippen LogP contribution >= 0.6 is 27.5 Å². The number of rotatable bonds is 5. The summed E-state index contributed by atoms with van der Waals surface area (Å²) in [7, 11) is 1.68. The van der Waals surface area contributed by atoms with Crippen molar-refractivity contribution in [1.29, 1.82) is 0 Å². The molecule has 0 heterocycles. The molecular weight excluding hydrogens is 328 g/mol. The fraction of sp³-hybridized carbons (Fsp3) is 0.200. The van der Waals surface area contributed by atoms with Gasteiger partial charge < -0.3 is 9.47 Å². The first-order chi connectivity index (χ1) is 9.22. The highest BCUT2D eigenvalue weighted by Gasteiger charge is 2.04. The summed E-state index contributed by atoms with van der Waals surface area (Å²) in [5.74, 6) is 2.04. The van der Waals surface area contributed by atoms with Crippen molar-refractivity contribution in [3.63, 3.8) is 0 Å². The van der Waals surface area contributed by atoms with Crippen LogP contribution in [-0.2, 0) is 17.2 Å². The molecule has 2 aromatic rings. The van der Waals surface area contributed by atoms with E-state index in [1.54, 1.807) is 7.11 Å². The number of alkyl halides is 1. The smallest absolute Gasteiger partial charge is 0.141 e. The van der Waals surface area contributed by atoms with Crippen LogP contribution in [0.1, 0.15) is 11.1 Å². The number of ether oxygens (including phenoxy) is 2. The summed E-state index contributed by atoms with van der Waals surface area (Å²) in [5.41, 5.74) is 2.13. The number of hydrogen-bond acceptors (Lipinski definition) is 2. The lowest BCUT2D eigenvalue weighted by atomic mass is 10.2. The fourth-order valence-electron chi connectivity index (χ4n) is 1.70. The standard InChI is InChI=1S/C15H14BrClO2/c1-18-10-12-3-2-4-13(7-12)19-15-6-5-11(9-17)8-14(15)16/h2-8H,9-10H2,1H3. The highest BCUT2D eigenvalue weighted by Crippen LogP contribution is 2.31.